The third-order valence-electron chi connectivity index (χ3n) is 7.20. The molecule has 0 amide bonds. The van der Waals surface area contributed by atoms with Crippen molar-refractivity contribution in [2.24, 2.45) is 0 Å². The lowest BCUT2D eigenvalue weighted by atomic mass is 10.1. The van der Waals surface area contributed by atoms with Gasteiger partial charge in [-0.25, -0.2) is 18.4 Å². The lowest BCUT2D eigenvalue weighted by Crippen LogP contribution is -2.49. The Morgan fingerprint density at radius 3 is 2.37 bits per heavy atom. The summed E-state index contributed by atoms with van der Waals surface area (Å²) in [5, 5.41) is 4.45. The van der Waals surface area contributed by atoms with Crippen LogP contribution in [0.1, 0.15) is 43.3 Å². The third-order valence-corrected chi connectivity index (χ3v) is 9.11. The number of anilines is 2. The highest BCUT2D eigenvalue weighted by molar-refractivity contribution is 7.89. The summed E-state index contributed by atoms with van der Waals surface area (Å²) in [6.45, 7) is 8.39. The molecule has 1 saturated heterocycles. The van der Waals surface area contributed by atoms with E-state index in [1.54, 1.807) is 16.4 Å². The van der Waals surface area contributed by atoms with Crippen LogP contribution in [0.2, 0.25) is 0 Å². The molecule has 198 valence electrons. The first kappa shape index (κ1) is 26.3. The summed E-state index contributed by atoms with van der Waals surface area (Å²) in [5.41, 5.74) is 4.20. The summed E-state index contributed by atoms with van der Waals surface area (Å²) in [6.07, 6.45) is 1.99. The molecular weight excluding hydrogens is 494 g/mol. The first-order valence-corrected chi connectivity index (χ1v) is 14.7. The lowest BCUT2D eigenvalue weighted by molar-refractivity contribution is 0.141. The normalized spacial score (nSPS) is 16.0. The zero-order valence-corrected chi connectivity index (χ0v) is 23.1. The van der Waals surface area contributed by atoms with Gasteiger partial charge in [0.25, 0.3) is 0 Å². The van der Waals surface area contributed by atoms with Crippen LogP contribution in [0.25, 0.3) is 10.9 Å². The molecular formula is C30H35N5O2S. The summed E-state index contributed by atoms with van der Waals surface area (Å²) >= 11 is 0. The molecule has 5 rings (SSSR count). The second-order valence-electron chi connectivity index (χ2n) is 9.95. The van der Waals surface area contributed by atoms with E-state index in [0.29, 0.717) is 31.1 Å². The Bertz CT molecular complexity index is 1510. The molecule has 1 unspecified atom stereocenters. The zero-order chi connectivity index (χ0) is 26.7. The monoisotopic (exact) mass is 529 g/mol. The summed E-state index contributed by atoms with van der Waals surface area (Å²) in [4.78, 5) is 12.5. The van der Waals surface area contributed by atoms with E-state index < -0.39 is 10.0 Å². The van der Waals surface area contributed by atoms with E-state index in [0.717, 1.165) is 46.6 Å². The van der Waals surface area contributed by atoms with Crippen LogP contribution >= 0.6 is 0 Å². The number of piperazine rings is 1. The van der Waals surface area contributed by atoms with Crippen LogP contribution in [0.5, 0.6) is 0 Å². The number of fused-ring (bicyclic) bond motifs is 1. The average Bonchev–Trinajstić information content (AvgIpc) is 2.93. The lowest BCUT2D eigenvalue weighted by Gasteiger charge is -2.37. The number of aryl methyl sites for hydroxylation is 2. The van der Waals surface area contributed by atoms with Crippen molar-refractivity contribution in [2.45, 2.75) is 44.6 Å². The molecule has 0 spiro atoms. The van der Waals surface area contributed by atoms with Gasteiger partial charge in [-0.05, 0) is 67.8 Å². The molecule has 0 bridgehead atoms. The van der Waals surface area contributed by atoms with E-state index in [4.69, 9.17) is 9.97 Å². The molecule has 38 heavy (non-hydrogen) atoms. The first-order valence-electron chi connectivity index (χ1n) is 13.3. The largest absolute Gasteiger partial charge is 0.340 e. The Balaban J connectivity index is 1.33. The maximum atomic E-state index is 13.3. The van der Waals surface area contributed by atoms with Gasteiger partial charge >= 0.3 is 0 Å². The fourth-order valence-electron chi connectivity index (χ4n) is 5.00. The summed E-state index contributed by atoms with van der Waals surface area (Å²) in [7, 11) is -3.52. The van der Waals surface area contributed by atoms with E-state index in [1.807, 2.05) is 48.5 Å². The number of para-hydroxylation sites is 1. The molecule has 1 N–H and O–H groups in total. The first-order chi connectivity index (χ1) is 18.3. The van der Waals surface area contributed by atoms with Crippen molar-refractivity contribution >= 4 is 32.4 Å². The quantitative estimate of drug-likeness (QED) is 0.315. The van der Waals surface area contributed by atoms with Gasteiger partial charge in [0.2, 0.25) is 10.0 Å². The SMILES string of the molecule is CCCc1ccc(S(=O)(=O)N2CCN(C(C)c3nc(Nc4cccc(C)c4)c4ccccc4n3)CC2)cc1. The van der Waals surface area contributed by atoms with Crippen molar-refractivity contribution in [1.29, 1.82) is 0 Å². The van der Waals surface area contributed by atoms with Crippen LogP contribution in [-0.2, 0) is 16.4 Å². The Hall–Kier alpha value is -3.33. The van der Waals surface area contributed by atoms with E-state index in [2.05, 4.69) is 43.1 Å². The number of hydrogen-bond donors (Lipinski definition) is 1. The van der Waals surface area contributed by atoms with Gasteiger partial charge in [0.1, 0.15) is 11.6 Å². The number of aromatic nitrogens is 2. The van der Waals surface area contributed by atoms with Gasteiger partial charge in [0, 0.05) is 37.3 Å². The number of rotatable bonds is 8. The van der Waals surface area contributed by atoms with Crippen LogP contribution in [0.4, 0.5) is 11.5 Å². The van der Waals surface area contributed by atoms with E-state index in [9.17, 15) is 8.42 Å². The summed E-state index contributed by atoms with van der Waals surface area (Å²) < 4.78 is 28.1. The van der Waals surface area contributed by atoms with Gasteiger partial charge in [0.15, 0.2) is 0 Å². The van der Waals surface area contributed by atoms with Crippen molar-refractivity contribution < 1.29 is 8.42 Å². The van der Waals surface area contributed by atoms with Crippen molar-refractivity contribution in [1.82, 2.24) is 19.2 Å². The highest BCUT2D eigenvalue weighted by Crippen LogP contribution is 2.29. The molecule has 7 nitrogen and oxygen atoms in total. The van der Waals surface area contributed by atoms with E-state index >= 15 is 0 Å². The van der Waals surface area contributed by atoms with Gasteiger partial charge in [-0.1, -0.05) is 49.7 Å². The van der Waals surface area contributed by atoms with Crippen LogP contribution in [0.15, 0.2) is 77.7 Å². The fourth-order valence-corrected chi connectivity index (χ4v) is 6.42. The van der Waals surface area contributed by atoms with Gasteiger partial charge in [-0.15, -0.1) is 0 Å². The van der Waals surface area contributed by atoms with Crippen LogP contribution in [-0.4, -0.2) is 53.8 Å². The van der Waals surface area contributed by atoms with Crippen LogP contribution < -0.4 is 5.32 Å². The molecule has 1 atom stereocenters. The number of hydrogen-bond acceptors (Lipinski definition) is 6. The molecule has 4 aromatic rings. The number of sulfonamides is 1. The highest BCUT2D eigenvalue weighted by atomic mass is 32.2. The summed E-state index contributed by atoms with van der Waals surface area (Å²) in [5.74, 6) is 1.50. The number of benzene rings is 3. The molecule has 0 aliphatic carbocycles. The minimum absolute atomic E-state index is 0.0594. The van der Waals surface area contributed by atoms with Crippen molar-refractivity contribution in [3.63, 3.8) is 0 Å². The Morgan fingerprint density at radius 1 is 0.921 bits per heavy atom. The minimum Gasteiger partial charge on any atom is -0.340 e. The van der Waals surface area contributed by atoms with Crippen molar-refractivity contribution in [2.75, 3.05) is 31.5 Å². The minimum atomic E-state index is -3.52. The second kappa shape index (κ2) is 11.2. The van der Waals surface area contributed by atoms with E-state index in [-0.39, 0.29) is 6.04 Å². The average molecular weight is 530 g/mol. The third kappa shape index (κ3) is 5.57. The molecule has 1 aliphatic rings. The van der Waals surface area contributed by atoms with Crippen LogP contribution in [0, 0.1) is 6.92 Å². The maximum absolute atomic E-state index is 13.3. The predicted molar refractivity (Wildman–Crippen MR) is 153 cm³/mol. The Morgan fingerprint density at radius 2 is 1.66 bits per heavy atom. The molecule has 0 saturated carbocycles. The number of nitrogens with zero attached hydrogens (tertiary/aromatic N) is 4. The molecule has 3 aromatic carbocycles. The number of nitrogens with one attached hydrogen (secondary N) is 1. The van der Waals surface area contributed by atoms with E-state index in [1.165, 1.54) is 5.56 Å². The van der Waals surface area contributed by atoms with Crippen molar-refractivity contribution in [3.8, 4) is 0 Å². The Kier molecular flexibility index (Phi) is 7.74. The molecule has 8 heteroatoms. The molecule has 1 aromatic heterocycles. The van der Waals surface area contributed by atoms with Gasteiger partial charge in [0.05, 0.1) is 16.5 Å². The van der Waals surface area contributed by atoms with Gasteiger partial charge in [-0.3, -0.25) is 4.90 Å². The fraction of sp³-hybridized carbons (Fsp3) is 0.333. The molecule has 1 fully saturated rings. The molecule has 2 heterocycles. The van der Waals surface area contributed by atoms with Crippen LogP contribution in [0.3, 0.4) is 0 Å². The van der Waals surface area contributed by atoms with Crippen molar-refractivity contribution in [3.05, 3.63) is 89.7 Å². The Labute approximate surface area is 225 Å². The summed E-state index contributed by atoms with van der Waals surface area (Å²) in [6, 6.07) is 23.5. The second-order valence-corrected chi connectivity index (χ2v) is 11.9. The highest BCUT2D eigenvalue weighted by Gasteiger charge is 2.31. The molecule has 1 aliphatic heterocycles. The van der Waals surface area contributed by atoms with Gasteiger partial charge < -0.3 is 5.32 Å². The zero-order valence-electron chi connectivity index (χ0n) is 22.3. The smallest absolute Gasteiger partial charge is 0.243 e. The topological polar surface area (TPSA) is 78.4 Å². The predicted octanol–water partition coefficient (Wildman–Crippen LogP) is 5.70. The van der Waals surface area contributed by atoms with Gasteiger partial charge in [-0.2, -0.15) is 4.31 Å². The maximum Gasteiger partial charge on any atom is 0.243 e. The standard InChI is InChI=1S/C30H35N5O2S/c1-4-8-24-13-15-26(16-14-24)38(36,37)35-19-17-34(18-20-35)23(3)29-32-28-12-6-5-11-27(28)30(33-29)31-25-10-7-9-22(2)21-25/h5-7,9-16,21,23H,4,8,17-20H2,1-3H3,(H,31,32,33). The molecule has 0 radical (unpaired) electrons.